The summed E-state index contributed by atoms with van der Waals surface area (Å²) in [6.07, 6.45) is 2.48. The zero-order valence-corrected chi connectivity index (χ0v) is 9.50. The molecule has 0 atom stereocenters. The Kier molecular flexibility index (Phi) is 3.46. The van der Waals surface area contributed by atoms with Crippen molar-refractivity contribution < 1.29 is 19.1 Å². The standard InChI is InChI=1S/C12H8FN3O3/c13-9-6-7(3-5-14-9)11(17)16-10-8(12(18)19)2-1-4-15-10/h1-6H,(H,18,19)(H,15,16,17). The average molecular weight is 261 g/mol. The van der Waals surface area contributed by atoms with Gasteiger partial charge in [-0.15, -0.1) is 0 Å². The van der Waals surface area contributed by atoms with Crippen LogP contribution in [0.5, 0.6) is 0 Å². The monoisotopic (exact) mass is 261 g/mol. The minimum Gasteiger partial charge on any atom is -0.478 e. The second-order valence-electron chi connectivity index (χ2n) is 3.53. The van der Waals surface area contributed by atoms with Gasteiger partial charge in [-0.2, -0.15) is 4.39 Å². The first-order chi connectivity index (χ1) is 9.08. The number of halogens is 1. The Bertz CT molecular complexity index is 646. The maximum atomic E-state index is 12.9. The highest BCUT2D eigenvalue weighted by Crippen LogP contribution is 2.13. The van der Waals surface area contributed by atoms with E-state index < -0.39 is 17.8 Å². The van der Waals surface area contributed by atoms with Crippen LogP contribution in [0.25, 0.3) is 0 Å². The number of nitrogens with zero attached hydrogens (tertiary/aromatic N) is 2. The highest BCUT2D eigenvalue weighted by molar-refractivity contribution is 6.06. The van der Waals surface area contributed by atoms with Crippen LogP contribution in [0.4, 0.5) is 10.2 Å². The summed E-state index contributed by atoms with van der Waals surface area (Å²) in [5, 5.41) is 11.2. The molecule has 0 aliphatic rings. The molecule has 2 aromatic rings. The van der Waals surface area contributed by atoms with Crippen molar-refractivity contribution in [2.75, 3.05) is 5.32 Å². The molecule has 2 N–H and O–H groups in total. The molecule has 0 aromatic carbocycles. The fourth-order valence-electron chi connectivity index (χ4n) is 1.40. The molecule has 19 heavy (non-hydrogen) atoms. The smallest absolute Gasteiger partial charge is 0.339 e. The number of aromatic carboxylic acids is 1. The average Bonchev–Trinajstić information content (AvgIpc) is 2.39. The Morgan fingerprint density at radius 1 is 1.21 bits per heavy atom. The van der Waals surface area contributed by atoms with Gasteiger partial charge in [0.05, 0.1) is 0 Å². The van der Waals surface area contributed by atoms with E-state index in [0.717, 1.165) is 12.3 Å². The number of carboxylic acid groups (broad SMARTS) is 1. The zero-order chi connectivity index (χ0) is 13.8. The predicted molar refractivity (Wildman–Crippen MR) is 63.3 cm³/mol. The van der Waals surface area contributed by atoms with E-state index in [0.29, 0.717) is 0 Å². The van der Waals surface area contributed by atoms with E-state index in [9.17, 15) is 14.0 Å². The summed E-state index contributed by atoms with van der Waals surface area (Å²) in [4.78, 5) is 29.8. The molecular weight excluding hydrogens is 253 g/mol. The molecular formula is C12H8FN3O3. The number of nitrogens with one attached hydrogen (secondary N) is 1. The van der Waals surface area contributed by atoms with Crippen molar-refractivity contribution in [2.45, 2.75) is 0 Å². The number of hydrogen-bond donors (Lipinski definition) is 2. The molecule has 1 amide bonds. The summed E-state index contributed by atoms with van der Waals surface area (Å²) in [7, 11) is 0. The third-order valence-electron chi connectivity index (χ3n) is 2.26. The first kappa shape index (κ1) is 12.6. The largest absolute Gasteiger partial charge is 0.478 e. The molecule has 2 rings (SSSR count). The Hall–Kier alpha value is -2.83. The number of anilines is 1. The van der Waals surface area contributed by atoms with E-state index in [4.69, 9.17) is 5.11 Å². The van der Waals surface area contributed by atoms with Crippen molar-refractivity contribution in [2.24, 2.45) is 0 Å². The van der Waals surface area contributed by atoms with E-state index in [1.54, 1.807) is 0 Å². The molecule has 0 bridgehead atoms. The number of pyridine rings is 2. The first-order valence-corrected chi connectivity index (χ1v) is 5.19. The number of carboxylic acids is 1. The number of aromatic nitrogens is 2. The molecule has 6 nitrogen and oxygen atoms in total. The fourth-order valence-corrected chi connectivity index (χ4v) is 1.40. The van der Waals surface area contributed by atoms with Crippen LogP contribution in [0.2, 0.25) is 0 Å². The van der Waals surface area contributed by atoms with Gasteiger partial charge in [-0.1, -0.05) is 0 Å². The van der Waals surface area contributed by atoms with Gasteiger partial charge >= 0.3 is 5.97 Å². The van der Waals surface area contributed by atoms with Gasteiger partial charge in [0.25, 0.3) is 5.91 Å². The molecule has 7 heteroatoms. The lowest BCUT2D eigenvalue weighted by atomic mass is 10.2. The SMILES string of the molecule is O=C(Nc1ncccc1C(=O)O)c1ccnc(F)c1. The Labute approximate surface area is 106 Å². The molecule has 0 saturated heterocycles. The van der Waals surface area contributed by atoms with E-state index in [1.807, 2.05) is 0 Å². The van der Waals surface area contributed by atoms with Gasteiger partial charge in [-0.25, -0.2) is 14.8 Å². The van der Waals surface area contributed by atoms with Gasteiger partial charge in [-0.3, -0.25) is 4.79 Å². The van der Waals surface area contributed by atoms with Crippen LogP contribution in [0, 0.1) is 5.95 Å². The number of hydrogen-bond acceptors (Lipinski definition) is 4. The number of amides is 1. The molecule has 0 unspecified atom stereocenters. The summed E-state index contributed by atoms with van der Waals surface area (Å²) >= 11 is 0. The van der Waals surface area contributed by atoms with Crippen molar-refractivity contribution in [3.05, 3.63) is 53.7 Å². The Balaban J connectivity index is 2.27. The van der Waals surface area contributed by atoms with Crippen molar-refractivity contribution in [3.63, 3.8) is 0 Å². The van der Waals surface area contributed by atoms with Crippen LogP contribution in [0.15, 0.2) is 36.7 Å². The molecule has 0 spiro atoms. The van der Waals surface area contributed by atoms with Crippen LogP contribution in [0.1, 0.15) is 20.7 Å². The van der Waals surface area contributed by atoms with Crippen LogP contribution in [-0.4, -0.2) is 27.0 Å². The molecule has 0 aliphatic carbocycles. The van der Waals surface area contributed by atoms with E-state index in [-0.39, 0.29) is 16.9 Å². The van der Waals surface area contributed by atoms with Crippen LogP contribution < -0.4 is 5.32 Å². The topological polar surface area (TPSA) is 92.2 Å². The lowest BCUT2D eigenvalue weighted by Gasteiger charge is -2.06. The van der Waals surface area contributed by atoms with Crippen molar-refractivity contribution in [3.8, 4) is 0 Å². The summed E-state index contributed by atoms with van der Waals surface area (Å²) in [5.41, 5.74) is -0.125. The maximum Gasteiger partial charge on any atom is 0.339 e. The quantitative estimate of drug-likeness (QED) is 0.818. The van der Waals surface area contributed by atoms with Gasteiger partial charge in [-0.05, 0) is 18.2 Å². The summed E-state index contributed by atoms with van der Waals surface area (Å²) in [6, 6.07) is 4.99. The molecule has 0 saturated carbocycles. The second kappa shape index (κ2) is 5.21. The lowest BCUT2D eigenvalue weighted by Crippen LogP contribution is -2.16. The van der Waals surface area contributed by atoms with E-state index >= 15 is 0 Å². The first-order valence-electron chi connectivity index (χ1n) is 5.19. The minimum atomic E-state index is -1.22. The highest BCUT2D eigenvalue weighted by Gasteiger charge is 2.14. The third-order valence-corrected chi connectivity index (χ3v) is 2.26. The molecule has 0 aliphatic heterocycles. The minimum absolute atomic E-state index is 0.0227. The van der Waals surface area contributed by atoms with Crippen LogP contribution >= 0.6 is 0 Å². The molecule has 0 fully saturated rings. The van der Waals surface area contributed by atoms with Crippen molar-refractivity contribution >= 4 is 17.7 Å². The van der Waals surface area contributed by atoms with E-state index in [2.05, 4.69) is 15.3 Å². The van der Waals surface area contributed by atoms with Gasteiger partial charge in [0.1, 0.15) is 11.4 Å². The van der Waals surface area contributed by atoms with E-state index in [1.165, 1.54) is 24.4 Å². The third kappa shape index (κ3) is 2.89. The molecule has 0 radical (unpaired) electrons. The van der Waals surface area contributed by atoms with Crippen LogP contribution in [-0.2, 0) is 0 Å². The normalized spacial score (nSPS) is 9.95. The Morgan fingerprint density at radius 2 is 2.00 bits per heavy atom. The predicted octanol–water partition coefficient (Wildman–Crippen LogP) is 1.57. The fraction of sp³-hybridized carbons (Fsp3) is 0. The lowest BCUT2D eigenvalue weighted by molar-refractivity contribution is 0.0697. The molecule has 96 valence electrons. The van der Waals surface area contributed by atoms with Crippen molar-refractivity contribution in [1.29, 1.82) is 0 Å². The number of rotatable bonds is 3. The summed E-state index contributed by atoms with van der Waals surface area (Å²) < 4.78 is 12.9. The van der Waals surface area contributed by atoms with Gasteiger partial charge in [0, 0.05) is 24.0 Å². The second-order valence-corrected chi connectivity index (χ2v) is 3.53. The summed E-state index contributed by atoms with van der Waals surface area (Å²) in [5.74, 6) is -2.78. The number of carbonyl (C=O) groups excluding carboxylic acids is 1. The molecule has 2 heterocycles. The molecule has 2 aromatic heterocycles. The van der Waals surface area contributed by atoms with Crippen LogP contribution in [0.3, 0.4) is 0 Å². The zero-order valence-electron chi connectivity index (χ0n) is 9.50. The Morgan fingerprint density at radius 3 is 2.68 bits per heavy atom. The maximum absolute atomic E-state index is 12.9. The van der Waals surface area contributed by atoms with Gasteiger partial charge in [0.2, 0.25) is 5.95 Å². The highest BCUT2D eigenvalue weighted by atomic mass is 19.1. The van der Waals surface area contributed by atoms with Crippen molar-refractivity contribution in [1.82, 2.24) is 9.97 Å². The van der Waals surface area contributed by atoms with Gasteiger partial charge < -0.3 is 10.4 Å². The number of carbonyl (C=O) groups is 2. The van der Waals surface area contributed by atoms with Gasteiger partial charge in [0.15, 0.2) is 0 Å². The summed E-state index contributed by atoms with van der Waals surface area (Å²) in [6.45, 7) is 0.